The maximum atomic E-state index is 10.7. The number of rotatable bonds is 1. The molecule has 21 heavy (non-hydrogen) atoms. The topological polar surface area (TPSA) is 103 Å². The lowest BCUT2D eigenvalue weighted by Gasteiger charge is -2.58. The molecule has 0 aromatic carbocycles. The summed E-state index contributed by atoms with van der Waals surface area (Å²) in [6.45, 7) is 3.83. The first-order valence-corrected chi connectivity index (χ1v) is 7.47. The van der Waals surface area contributed by atoms with Crippen LogP contribution in [0.25, 0.3) is 0 Å². The molecule has 2 bridgehead atoms. The van der Waals surface area contributed by atoms with Crippen molar-refractivity contribution in [3.8, 4) is 0 Å². The van der Waals surface area contributed by atoms with Gasteiger partial charge >= 0.3 is 0 Å². The Balaban J connectivity index is 1.92. The first kappa shape index (κ1) is 14.1. The van der Waals surface area contributed by atoms with Crippen molar-refractivity contribution in [2.45, 2.75) is 56.4 Å². The van der Waals surface area contributed by atoms with Gasteiger partial charge in [0, 0.05) is 10.8 Å². The summed E-state index contributed by atoms with van der Waals surface area (Å²) in [5.41, 5.74) is -1.69. The Morgan fingerprint density at radius 1 is 1.33 bits per heavy atom. The normalized spacial score (nSPS) is 61.6. The number of ether oxygens (including phenoxy) is 2. The molecular formula is C15H22O6. The van der Waals surface area contributed by atoms with E-state index in [1.165, 1.54) is 0 Å². The van der Waals surface area contributed by atoms with Gasteiger partial charge in [0.05, 0.1) is 31.5 Å². The van der Waals surface area contributed by atoms with Crippen LogP contribution in [0.3, 0.4) is 0 Å². The Bertz CT molecular complexity index is 514. The van der Waals surface area contributed by atoms with Crippen LogP contribution in [-0.2, 0) is 9.47 Å². The highest BCUT2D eigenvalue weighted by atomic mass is 16.6. The van der Waals surface area contributed by atoms with E-state index in [4.69, 9.17) is 9.47 Å². The van der Waals surface area contributed by atoms with Crippen molar-refractivity contribution >= 4 is 0 Å². The van der Waals surface area contributed by atoms with Crippen molar-refractivity contribution in [3.05, 3.63) is 11.6 Å². The molecule has 0 aromatic rings. The van der Waals surface area contributed by atoms with Crippen LogP contribution < -0.4 is 0 Å². The molecule has 4 N–H and O–H groups in total. The van der Waals surface area contributed by atoms with Gasteiger partial charge in [-0.25, -0.2) is 0 Å². The molecule has 1 unspecified atom stereocenters. The van der Waals surface area contributed by atoms with Crippen LogP contribution in [0, 0.1) is 10.8 Å². The van der Waals surface area contributed by atoms with Crippen LogP contribution in [0.4, 0.5) is 0 Å². The van der Waals surface area contributed by atoms with E-state index >= 15 is 0 Å². The van der Waals surface area contributed by atoms with Crippen molar-refractivity contribution in [1.29, 1.82) is 0 Å². The molecule has 2 aliphatic carbocycles. The van der Waals surface area contributed by atoms with Gasteiger partial charge in [0.25, 0.3) is 0 Å². The number of epoxide rings is 1. The summed E-state index contributed by atoms with van der Waals surface area (Å²) in [5, 5.41) is 41.5. The fourth-order valence-electron chi connectivity index (χ4n) is 5.06. The maximum Gasteiger partial charge on any atom is 0.129 e. The average molecular weight is 298 g/mol. The molecular weight excluding hydrogens is 276 g/mol. The van der Waals surface area contributed by atoms with Crippen LogP contribution in [0.5, 0.6) is 0 Å². The van der Waals surface area contributed by atoms with Crippen molar-refractivity contribution in [1.82, 2.24) is 0 Å². The lowest BCUT2D eigenvalue weighted by molar-refractivity contribution is -0.233. The Morgan fingerprint density at radius 3 is 2.57 bits per heavy atom. The number of hydrogen-bond acceptors (Lipinski definition) is 6. The molecule has 2 aliphatic heterocycles. The molecule has 2 heterocycles. The van der Waals surface area contributed by atoms with Gasteiger partial charge in [-0.15, -0.1) is 0 Å². The summed E-state index contributed by atoms with van der Waals surface area (Å²) in [7, 11) is 0. The fourth-order valence-corrected chi connectivity index (χ4v) is 5.06. The second-order valence-corrected chi connectivity index (χ2v) is 7.24. The molecule has 1 spiro atoms. The quantitative estimate of drug-likeness (QED) is 0.364. The number of fused-ring (bicyclic) bond motifs is 2. The van der Waals surface area contributed by atoms with E-state index in [-0.39, 0.29) is 13.0 Å². The largest absolute Gasteiger partial charge is 0.396 e. The highest BCUT2D eigenvalue weighted by Crippen LogP contribution is 2.71. The van der Waals surface area contributed by atoms with E-state index in [1.54, 1.807) is 0 Å². The first-order valence-electron chi connectivity index (χ1n) is 7.47. The van der Waals surface area contributed by atoms with Crippen molar-refractivity contribution in [2.75, 3.05) is 13.2 Å². The summed E-state index contributed by atoms with van der Waals surface area (Å²) in [4.78, 5) is 0. The van der Waals surface area contributed by atoms with Gasteiger partial charge < -0.3 is 29.9 Å². The molecule has 6 nitrogen and oxygen atoms in total. The zero-order valence-electron chi connectivity index (χ0n) is 12.2. The highest BCUT2D eigenvalue weighted by molar-refractivity contribution is 5.35. The number of aliphatic hydroxyl groups is 4. The molecule has 2 saturated heterocycles. The molecule has 8 atom stereocenters. The smallest absolute Gasteiger partial charge is 0.129 e. The van der Waals surface area contributed by atoms with E-state index in [9.17, 15) is 20.4 Å². The maximum absolute atomic E-state index is 10.7. The standard InChI is InChI=1S/C15H22O6/c1-7-3-9-14(5-16,4-8(7)17)13(2)11(19)10(18)12(21-9)15(13)6-20-15/h3,8-12,16-19H,4-6H2,1-2H3/t8-,9+,10+,11-,12+,13+,14+,15?/m1/s1. The monoisotopic (exact) mass is 298 g/mol. The van der Waals surface area contributed by atoms with Gasteiger partial charge in [0.1, 0.15) is 17.8 Å². The third kappa shape index (κ3) is 1.27. The van der Waals surface area contributed by atoms with Crippen LogP contribution in [0.2, 0.25) is 0 Å². The van der Waals surface area contributed by atoms with Gasteiger partial charge in [0.15, 0.2) is 0 Å². The molecule has 0 radical (unpaired) electrons. The zero-order valence-corrected chi connectivity index (χ0v) is 12.2. The van der Waals surface area contributed by atoms with E-state index in [0.29, 0.717) is 6.61 Å². The SMILES string of the molecule is CC1=C[C@@H]2O[C@H]3[C@@H](O)[C@@H](O)[C@](C)(C34CO4)[C@]2(CO)C[C@H]1O. The first-order chi connectivity index (χ1) is 9.84. The summed E-state index contributed by atoms with van der Waals surface area (Å²) in [6, 6.07) is 0. The van der Waals surface area contributed by atoms with Gasteiger partial charge in [-0.1, -0.05) is 13.0 Å². The Hall–Kier alpha value is -0.500. The zero-order chi connectivity index (χ0) is 15.2. The predicted octanol–water partition coefficient (Wildman–Crippen LogP) is -1.05. The fraction of sp³-hybridized carbons (Fsp3) is 0.867. The molecule has 1 saturated carbocycles. The van der Waals surface area contributed by atoms with Crippen molar-refractivity contribution in [3.63, 3.8) is 0 Å². The minimum absolute atomic E-state index is 0.239. The van der Waals surface area contributed by atoms with E-state index < -0.39 is 47.0 Å². The van der Waals surface area contributed by atoms with Crippen molar-refractivity contribution < 1.29 is 29.9 Å². The van der Waals surface area contributed by atoms with Crippen LogP contribution in [0.1, 0.15) is 20.3 Å². The third-order valence-electron chi connectivity index (χ3n) is 6.67. The minimum atomic E-state index is -1.05. The van der Waals surface area contributed by atoms with Gasteiger partial charge in [-0.2, -0.15) is 0 Å². The molecule has 4 aliphatic rings. The second-order valence-electron chi connectivity index (χ2n) is 7.24. The van der Waals surface area contributed by atoms with E-state index in [1.807, 2.05) is 19.9 Å². The third-order valence-corrected chi connectivity index (χ3v) is 6.67. The summed E-state index contributed by atoms with van der Waals surface area (Å²) < 4.78 is 11.7. The lowest BCUT2D eigenvalue weighted by atomic mass is 9.51. The van der Waals surface area contributed by atoms with Crippen LogP contribution in [0.15, 0.2) is 11.6 Å². The Kier molecular flexibility index (Phi) is 2.60. The molecule has 0 amide bonds. The molecule has 0 aromatic heterocycles. The summed E-state index contributed by atoms with van der Waals surface area (Å²) >= 11 is 0. The van der Waals surface area contributed by atoms with Gasteiger partial charge in [0.2, 0.25) is 0 Å². The highest BCUT2D eigenvalue weighted by Gasteiger charge is 2.84. The minimum Gasteiger partial charge on any atom is -0.396 e. The number of hydrogen-bond donors (Lipinski definition) is 4. The van der Waals surface area contributed by atoms with Crippen LogP contribution in [-0.4, -0.2) is 69.8 Å². The summed E-state index contributed by atoms with van der Waals surface area (Å²) in [5.74, 6) is 0. The molecule has 3 fully saturated rings. The van der Waals surface area contributed by atoms with Gasteiger partial charge in [-0.3, -0.25) is 0 Å². The molecule has 118 valence electrons. The van der Waals surface area contributed by atoms with E-state index in [2.05, 4.69) is 0 Å². The Labute approximate surface area is 123 Å². The van der Waals surface area contributed by atoms with Gasteiger partial charge in [-0.05, 0) is 18.9 Å². The lowest BCUT2D eigenvalue weighted by Crippen LogP contribution is -2.67. The predicted molar refractivity (Wildman–Crippen MR) is 71.4 cm³/mol. The molecule has 4 rings (SSSR count). The van der Waals surface area contributed by atoms with Crippen molar-refractivity contribution in [2.24, 2.45) is 10.8 Å². The van der Waals surface area contributed by atoms with Crippen LogP contribution >= 0.6 is 0 Å². The number of aliphatic hydroxyl groups excluding tert-OH is 4. The average Bonchev–Trinajstić information content (AvgIpc) is 3.24. The van der Waals surface area contributed by atoms with E-state index in [0.717, 1.165) is 5.57 Å². The second kappa shape index (κ2) is 3.88. The Morgan fingerprint density at radius 2 is 2.00 bits per heavy atom. The molecule has 6 heteroatoms. The summed E-state index contributed by atoms with van der Waals surface area (Å²) in [6.07, 6.45) is -1.72.